The molecule has 2 aromatic carbocycles. The number of carbonyl (C=O) groups is 1. The lowest BCUT2D eigenvalue weighted by atomic mass is 10.1. The van der Waals surface area contributed by atoms with Crippen molar-refractivity contribution in [3.63, 3.8) is 0 Å². The SMILES string of the molecule is CCc1ccc(CN(C)CC(=O)N[C@@H](C)c2cc3ccccc3o2)cc1. The van der Waals surface area contributed by atoms with E-state index in [0.29, 0.717) is 6.54 Å². The Balaban J connectivity index is 1.53. The van der Waals surface area contributed by atoms with Gasteiger partial charge in [-0.2, -0.15) is 0 Å². The average molecular weight is 350 g/mol. The van der Waals surface area contributed by atoms with Crippen molar-refractivity contribution >= 4 is 16.9 Å². The third kappa shape index (κ3) is 4.52. The Hall–Kier alpha value is -2.59. The van der Waals surface area contributed by atoms with Gasteiger partial charge in [0.1, 0.15) is 11.3 Å². The van der Waals surface area contributed by atoms with E-state index in [1.807, 2.05) is 49.2 Å². The smallest absolute Gasteiger partial charge is 0.234 e. The number of hydrogen-bond donors (Lipinski definition) is 1. The topological polar surface area (TPSA) is 45.5 Å². The molecule has 0 aliphatic carbocycles. The zero-order valence-corrected chi connectivity index (χ0v) is 15.7. The van der Waals surface area contributed by atoms with Crippen LogP contribution in [0, 0.1) is 0 Å². The lowest BCUT2D eigenvalue weighted by molar-refractivity contribution is -0.122. The Morgan fingerprint density at radius 1 is 1.12 bits per heavy atom. The van der Waals surface area contributed by atoms with Gasteiger partial charge in [0.15, 0.2) is 0 Å². The predicted molar refractivity (Wildman–Crippen MR) is 105 cm³/mol. The van der Waals surface area contributed by atoms with E-state index in [2.05, 4.69) is 36.5 Å². The molecule has 1 N–H and O–H groups in total. The van der Waals surface area contributed by atoms with E-state index < -0.39 is 0 Å². The Bertz CT molecular complexity index is 834. The Morgan fingerprint density at radius 3 is 2.50 bits per heavy atom. The summed E-state index contributed by atoms with van der Waals surface area (Å²) in [6, 6.07) is 18.2. The highest BCUT2D eigenvalue weighted by Crippen LogP contribution is 2.23. The van der Waals surface area contributed by atoms with Crippen LogP contribution in [0.25, 0.3) is 11.0 Å². The third-order valence-corrected chi connectivity index (χ3v) is 4.55. The average Bonchev–Trinajstić information content (AvgIpc) is 3.06. The largest absolute Gasteiger partial charge is 0.459 e. The maximum atomic E-state index is 12.3. The maximum Gasteiger partial charge on any atom is 0.234 e. The number of fused-ring (bicyclic) bond motifs is 1. The quantitative estimate of drug-likeness (QED) is 0.691. The third-order valence-electron chi connectivity index (χ3n) is 4.55. The Kier molecular flexibility index (Phi) is 5.74. The Morgan fingerprint density at radius 2 is 1.81 bits per heavy atom. The molecule has 0 aliphatic heterocycles. The maximum absolute atomic E-state index is 12.3. The first-order valence-corrected chi connectivity index (χ1v) is 9.09. The highest BCUT2D eigenvalue weighted by molar-refractivity contribution is 5.80. The summed E-state index contributed by atoms with van der Waals surface area (Å²) in [4.78, 5) is 14.4. The molecule has 1 atom stereocenters. The minimum Gasteiger partial charge on any atom is -0.459 e. The number of furan rings is 1. The molecule has 1 heterocycles. The van der Waals surface area contributed by atoms with Crippen LogP contribution in [0.1, 0.15) is 36.8 Å². The van der Waals surface area contributed by atoms with Crippen molar-refractivity contribution in [1.29, 1.82) is 0 Å². The summed E-state index contributed by atoms with van der Waals surface area (Å²) in [5, 5.41) is 4.07. The number of para-hydroxylation sites is 1. The number of nitrogens with zero attached hydrogens (tertiary/aromatic N) is 1. The Labute approximate surface area is 154 Å². The van der Waals surface area contributed by atoms with Crippen molar-refractivity contribution in [2.75, 3.05) is 13.6 Å². The summed E-state index contributed by atoms with van der Waals surface area (Å²) in [5.41, 5.74) is 3.38. The van der Waals surface area contributed by atoms with Gasteiger partial charge in [0.2, 0.25) is 5.91 Å². The zero-order chi connectivity index (χ0) is 18.5. The highest BCUT2D eigenvalue weighted by Gasteiger charge is 2.15. The van der Waals surface area contributed by atoms with Gasteiger partial charge in [-0.25, -0.2) is 0 Å². The van der Waals surface area contributed by atoms with Crippen LogP contribution in [0.15, 0.2) is 59.0 Å². The van der Waals surface area contributed by atoms with Crippen LogP contribution in [0.4, 0.5) is 0 Å². The van der Waals surface area contributed by atoms with Crippen LogP contribution in [0.3, 0.4) is 0 Å². The van der Waals surface area contributed by atoms with Crippen molar-refractivity contribution in [3.05, 3.63) is 71.5 Å². The molecule has 0 saturated carbocycles. The van der Waals surface area contributed by atoms with Gasteiger partial charge in [0.05, 0.1) is 12.6 Å². The molecule has 0 spiro atoms. The molecule has 0 saturated heterocycles. The summed E-state index contributed by atoms with van der Waals surface area (Å²) < 4.78 is 5.82. The number of rotatable bonds is 7. The lowest BCUT2D eigenvalue weighted by Crippen LogP contribution is -2.36. The van der Waals surface area contributed by atoms with Crippen LogP contribution >= 0.6 is 0 Å². The second-order valence-corrected chi connectivity index (χ2v) is 6.82. The van der Waals surface area contributed by atoms with Gasteiger partial charge >= 0.3 is 0 Å². The van der Waals surface area contributed by atoms with Crippen molar-refractivity contribution in [2.45, 2.75) is 32.9 Å². The molecule has 0 aliphatic rings. The number of hydrogen-bond acceptors (Lipinski definition) is 3. The fraction of sp³-hybridized carbons (Fsp3) is 0.318. The minimum atomic E-state index is -0.160. The monoisotopic (exact) mass is 350 g/mol. The van der Waals surface area contributed by atoms with E-state index in [9.17, 15) is 4.79 Å². The molecule has 0 bridgehead atoms. The number of nitrogens with one attached hydrogen (secondary N) is 1. The van der Waals surface area contributed by atoms with Crippen LogP contribution in [-0.2, 0) is 17.8 Å². The summed E-state index contributed by atoms with van der Waals surface area (Å²) in [5.74, 6) is 0.767. The minimum absolute atomic E-state index is 0.00867. The fourth-order valence-corrected chi connectivity index (χ4v) is 3.07. The highest BCUT2D eigenvalue weighted by atomic mass is 16.3. The van der Waals surface area contributed by atoms with Crippen LogP contribution in [-0.4, -0.2) is 24.4 Å². The molecule has 4 nitrogen and oxygen atoms in total. The van der Waals surface area contributed by atoms with Crippen LogP contribution in [0.2, 0.25) is 0 Å². The van der Waals surface area contributed by atoms with E-state index >= 15 is 0 Å². The van der Waals surface area contributed by atoms with Crippen molar-refractivity contribution in [3.8, 4) is 0 Å². The van der Waals surface area contributed by atoms with Gasteiger partial charge in [-0.3, -0.25) is 9.69 Å². The van der Waals surface area contributed by atoms with E-state index in [4.69, 9.17) is 4.42 Å². The summed E-state index contributed by atoms with van der Waals surface area (Å²) in [7, 11) is 1.96. The van der Waals surface area contributed by atoms with E-state index in [1.165, 1.54) is 11.1 Å². The molecule has 0 fully saturated rings. The molecule has 3 aromatic rings. The number of benzene rings is 2. The summed E-state index contributed by atoms with van der Waals surface area (Å²) in [6.07, 6.45) is 1.04. The van der Waals surface area contributed by atoms with E-state index in [-0.39, 0.29) is 11.9 Å². The second-order valence-electron chi connectivity index (χ2n) is 6.82. The van der Waals surface area contributed by atoms with Crippen LogP contribution in [0.5, 0.6) is 0 Å². The van der Waals surface area contributed by atoms with Crippen molar-refractivity contribution in [1.82, 2.24) is 10.2 Å². The van der Waals surface area contributed by atoms with E-state index in [1.54, 1.807) is 0 Å². The molecule has 136 valence electrons. The molecule has 0 radical (unpaired) electrons. The number of carbonyl (C=O) groups excluding carboxylic acids is 1. The molecule has 4 heteroatoms. The molecule has 1 amide bonds. The van der Waals surface area contributed by atoms with Crippen molar-refractivity contribution < 1.29 is 9.21 Å². The first-order valence-electron chi connectivity index (χ1n) is 9.09. The molecular weight excluding hydrogens is 324 g/mol. The standard InChI is InChI=1S/C22H26N2O2/c1-4-17-9-11-18(12-10-17)14-24(3)15-22(25)23-16(2)21-13-19-7-5-6-8-20(19)26-21/h5-13,16H,4,14-15H2,1-3H3,(H,23,25)/t16-/m0/s1. The predicted octanol–water partition coefficient (Wildman–Crippen LogP) is 4.30. The van der Waals surface area contributed by atoms with Gasteiger partial charge < -0.3 is 9.73 Å². The van der Waals surface area contributed by atoms with Crippen LogP contribution < -0.4 is 5.32 Å². The first kappa shape index (κ1) is 18.2. The molecule has 3 rings (SSSR count). The van der Waals surface area contributed by atoms with Gasteiger partial charge in [-0.05, 0) is 43.7 Å². The summed E-state index contributed by atoms with van der Waals surface area (Å²) in [6.45, 7) is 5.18. The normalized spacial score (nSPS) is 12.5. The molecule has 26 heavy (non-hydrogen) atoms. The van der Waals surface area contributed by atoms with E-state index in [0.717, 1.165) is 29.7 Å². The second kappa shape index (κ2) is 8.19. The van der Waals surface area contributed by atoms with Gasteiger partial charge in [0, 0.05) is 11.9 Å². The number of aryl methyl sites for hydroxylation is 1. The van der Waals surface area contributed by atoms with Gasteiger partial charge in [0.25, 0.3) is 0 Å². The molecular formula is C22H26N2O2. The molecule has 0 unspecified atom stereocenters. The lowest BCUT2D eigenvalue weighted by Gasteiger charge is -2.18. The number of likely N-dealkylation sites (N-methyl/N-ethyl adjacent to an activating group) is 1. The fourth-order valence-electron chi connectivity index (χ4n) is 3.07. The first-order chi connectivity index (χ1) is 12.5. The van der Waals surface area contributed by atoms with Gasteiger partial charge in [-0.1, -0.05) is 49.4 Å². The molecule has 1 aromatic heterocycles. The number of amides is 1. The van der Waals surface area contributed by atoms with Crippen molar-refractivity contribution in [2.24, 2.45) is 0 Å². The zero-order valence-electron chi connectivity index (χ0n) is 15.7. The van der Waals surface area contributed by atoms with Gasteiger partial charge in [-0.15, -0.1) is 0 Å². The summed E-state index contributed by atoms with van der Waals surface area (Å²) >= 11 is 0.